The SMILES string of the molecule is CC1(C)CC(N2C(=O)C=CC2=O)CC(C)(N2C(=O)C=CC2=O)C1. The zero-order chi connectivity index (χ0) is 17.0. The minimum atomic E-state index is -0.715. The predicted octanol–water partition coefficient (Wildman–Crippen LogP) is 1.17. The van der Waals surface area contributed by atoms with Crippen LogP contribution in [0.1, 0.15) is 40.0 Å². The first-order chi connectivity index (χ1) is 10.6. The zero-order valence-electron chi connectivity index (χ0n) is 13.5. The molecule has 0 N–H and O–H groups in total. The second-order valence-electron chi connectivity index (χ2n) is 7.63. The molecule has 2 heterocycles. The van der Waals surface area contributed by atoms with Gasteiger partial charge in [-0.1, -0.05) is 13.8 Å². The number of amides is 4. The number of hydrogen-bond donors (Lipinski definition) is 0. The van der Waals surface area contributed by atoms with Crippen LogP contribution in [0, 0.1) is 5.41 Å². The molecule has 2 atom stereocenters. The van der Waals surface area contributed by atoms with Gasteiger partial charge in [0.05, 0.1) is 5.54 Å². The molecule has 23 heavy (non-hydrogen) atoms. The lowest BCUT2D eigenvalue weighted by Gasteiger charge is -2.51. The van der Waals surface area contributed by atoms with Gasteiger partial charge in [0, 0.05) is 30.3 Å². The summed E-state index contributed by atoms with van der Waals surface area (Å²) in [5.41, 5.74) is -0.919. The summed E-state index contributed by atoms with van der Waals surface area (Å²) in [5.74, 6) is -1.30. The molecule has 0 aromatic carbocycles. The quantitative estimate of drug-likeness (QED) is 0.717. The van der Waals surface area contributed by atoms with Crippen molar-refractivity contribution in [1.82, 2.24) is 9.80 Å². The highest BCUT2D eigenvalue weighted by Gasteiger charge is 2.51. The van der Waals surface area contributed by atoms with Crippen LogP contribution in [0.3, 0.4) is 0 Å². The van der Waals surface area contributed by atoms with E-state index >= 15 is 0 Å². The molecule has 0 radical (unpaired) electrons. The van der Waals surface area contributed by atoms with Gasteiger partial charge in [0.1, 0.15) is 0 Å². The standard InChI is InChI=1S/C17H20N2O4/c1-16(2)8-11(18-12(20)4-5-13(18)21)9-17(3,10-16)19-14(22)6-7-15(19)23/h4-7,11H,8-10H2,1-3H3. The monoisotopic (exact) mass is 316 g/mol. The van der Waals surface area contributed by atoms with Crippen LogP contribution in [0.4, 0.5) is 0 Å². The van der Waals surface area contributed by atoms with Crippen molar-refractivity contribution in [2.24, 2.45) is 5.41 Å². The number of rotatable bonds is 2. The summed E-state index contributed by atoms with van der Waals surface area (Å²) in [4.78, 5) is 50.8. The van der Waals surface area contributed by atoms with Crippen molar-refractivity contribution in [3.63, 3.8) is 0 Å². The minimum Gasteiger partial charge on any atom is -0.272 e. The zero-order valence-corrected chi connectivity index (χ0v) is 13.5. The highest BCUT2D eigenvalue weighted by Crippen LogP contribution is 2.46. The van der Waals surface area contributed by atoms with Gasteiger partial charge in [-0.15, -0.1) is 0 Å². The second-order valence-corrected chi connectivity index (χ2v) is 7.63. The van der Waals surface area contributed by atoms with Crippen molar-refractivity contribution < 1.29 is 19.2 Å². The van der Waals surface area contributed by atoms with Crippen LogP contribution in [-0.2, 0) is 19.2 Å². The summed E-state index contributed by atoms with van der Waals surface area (Å²) in [7, 11) is 0. The molecule has 0 spiro atoms. The Morgan fingerprint density at radius 1 is 0.826 bits per heavy atom. The van der Waals surface area contributed by atoms with E-state index in [9.17, 15) is 19.2 Å². The van der Waals surface area contributed by atoms with Gasteiger partial charge in [0.15, 0.2) is 0 Å². The Bertz CT molecular complexity index is 640. The predicted molar refractivity (Wildman–Crippen MR) is 81.8 cm³/mol. The first-order valence-electron chi connectivity index (χ1n) is 7.74. The van der Waals surface area contributed by atoms with Crippen LogP contribution < -0.4 is 0 Å². The summed E-state index contributed by atoms with van der Waals surface area (Å²) < 4.78 is 0. The Hall–Kier alpha value is -2.24. The summed E-state index contributed by atoms with van der Waals surface area (Å²) in [6.07, 6.45) is 6.80. The summed E-state index contributed by atoms with van der Waals surface area (Å²) >= 11 is 0. The van der Waals surface area contributed by atoms with Gasteiger partial charge in [-0.25, -0.2) is 0 Å². The van der Waals surface area contributed by atoms with Gasteiger partial charge >= 0.3 is 0 Å². The molecule has 0 saturated heterocycles. The van der Waals surface area contributed by atoms with Gasteiger partial charge in [0.25, 0.3) is 23.6 Å². The van der Waals surface area contributed by atoms with Crippen LogP contribution >= 0.6 is 0 Å². The fraction of sp³-hybridized carbons (Fsp3) is 0.529. The van der Waals surface area contributed by atoms with E-state index in [4.69, 9.17) is 0 Å². The smallest absolute Gasteiger partial charge is 0.254 e. The van der Waals surface area contributed by atoms with E-state index in [1.165, 1.54) is 34.1 Å². The molecule has 122 valence electrons. The topological polar surface area (TPSA) is 74.8 Å². The molecular formula is C17H20N2O4. The Morgan fingerprint density at radius 3 is 1.83 bits per heavy atom. The maximum Gasteiger partial charge on any atom is 0.254 e. The normalized spacial score (nSPS) is 33.3. The molecule has 3 aliphatic rings. The number of hydrogen-bond acceptors (Lipinski definition) is 4. The molecule has 0 aromatic heterocycles. The summed E-state index contributed by atoms with van der Waals surface area (Å²) in [6, 6.07) is -0.319. The lowest BCUT2D eigenvalue weighted by Crippen LogP contribution is -2.59. The summed E-state index contributed by atoms with van der Waals surface area (Å²) in [5, 5.41) is 0. The Labute approximate surface area is 134 Å². The Morgan fingerprint density at radius 2 is 1.30 bits per heavy atom. The van der Waals surface area contributed by atoms with Crippen molar-refractivity contribution in [2.75, 3.05) is 0 Å². The average Bonchev–Trinajstić information content (AvgIpc) is 2.90. The maximum atomic E-state index is 12.1. The highest BCUT2D eigenvalue weighted by atomic mass is 16.2. The van der Waals surface area contributed by atoms with E-state index in [-0.39, 0.29) is 35.1 Å². The van der Waals surface area contributed by atoms with E-state index in [0.29, 0.717) is 19.3 Å². The summed E-state index contributed by atoms with van der Waals surface area (Å²) in [6.45, 7) is 5.94. The maximum absolute atomic E-state index is 12.1. The molecule has 6 heteroatoms. The molecule has 6 nitrogen and oxygen atoms in total. The lowest BCUT2D eigenvalue weighted by atomic mass is 9.65. The van der Waals surface area contributed by atoms with Gasteiger partial charge < -0.3 is 0 Å². The molecule has 0 bridgehead atoms. The Balaban J connectivity index is 1.93. The van der Waals surface area contributed by atoms with Gasteiger partial charge in [-0.3, -0.25) is 29.0 Å². The molecule has 1 aliphatic carbocycles. The van der Waals surface area contributed by atoms with E-state index in [0.717, 1.165) is 0 Å². The molecule has 2 aliphatic heterocycles. The molecule has 2 unspecified atom stereocenters. The second kappa shape index (κ2) is 4.88. The third kappa shape index (κ3) is 2.52. The van der Waals surface area contributed by atoms with Crippen LogP contribution in [0.25, 0.3) is 0 Å². The van der Waals surface area contributed by atoms with Crippen molar-refractivity contribution in [1.29, 1.82) is 0 Å². The molecule has 0 aromatic rings. The number of carbonyl (C=O) groups excluding carboxylic acids is 4. The highest BCUT2D eigenvalue weighted by molar-refractivity contribution is 6.14. The fourth-order valence-electron chi connectivity index (χ4n) is 4.45. The van der Waals surface area contributed by atoms with E-state index in [1.54, 1.807) is 0 Å². The molecule has 1 saturated carbocycles. The number of carbonyl (C=O) groups is 4. The van der Waals surface area contributed by atoms with Crippen molar-refractivity contribution in [3.8, 4) is 0 Å². The van der Waals surface area contributed by atoms with Crippen LogP contribution in [0.5, 0.6) is 0 Å². The fourth-order valence-corrected chi connectivity index (χ4v) is 4.45. The lowest BCUT2D eigenvalue weighted by molar-refractivity contribution is -0.150. The van der Waals surface area contributed by atoms with E-state index in [1.807, 2.05) is 20.8 Å². The third-order valence-electron chi connectivity index (χ3n) is 4.88. The third-order valence-corrected chi connectivity index (χ3v) is 4.88. The number of nitrogens with zero attached hydrogens (tertiary/aromatic N) is 2. The van der Waals surface area contributed by atoms with E-state index in [2.05, 4.69) is 0 Å². The average molecular weight is 316 g/mol. The minimum absolute atomic E-state index is 0.204. The van der Waals surface area contributed by atoms with Gasteiger partial charge in [-0.05, 0) is 31.6 Å². The molecule has 1 fully saturated rings. The van der Waals surface area contributed by atoms with Crippen molar-refractivity contribution in [3.05, 3.63) is 24.3 Å². The van der Waals surface area contributed by atoms with Crippen LogP contribution in [0.15, 0.2) is 24.3 Å². The largest absolute Gasteiger partial charge is 0.272 e. The van der Waals surface area contributed by atoms with Crippen molar-refractivity contribution in [2.45, 2.75) is 51.6 Å². The molecule has 4 amide bonds. The van der Waals surface area contributed by atoms with Gasteiger partial charge in [0.2, 0.25) is 0 Å². The van der Waals surface area contributed by atoms with Crippen molar-refractivity contribution >= 4 is 23.6 Å². The number of imide groups is 2. The first-order valence-corrected chi connectivity index (χ1v) is 7.74. The molecular weight excluding hydrogens is 296 g/mol. The Kier molecular flexibility index (Phi) is 3.32. The van der Waals surface area contributed by atoms with Gasteiger partial charge in [-0.2, -0.15) is 0 Å². The first kappa shape index (κ1) is 15.6. The van der Waals surface area contributed by atoms with Crippen LogP contribution in [0.2, 0.25) is 0 Å². The van der Waals surface area contributed by atoms with Crippen LogP contribution in [-0.4, -0.2) is 45.0 Å². The van der Waals surface area contributed by atoms with E-state index < -0.39 is 5.54 Å². The molecule has 3 rings (SSSR count).